The van der Waals surface area contributed by atoms with Crippen molar-refractivity contribution in [2.45, 2.75) is 19.3 Å². The smallest absolute Gasteiger partial charge is 0.416 e. The monoisotopic (exact) mass is 471 g/mol. The van der Waals surface area contributed by atoms with Crippen LogP contribution < -0.4 is 15.6 Å². The molecule has 1 amide bonds. The first-order chi connectivity index (χ1) is 16.3. The van der Waals surface area contributed by atoms with Crippen LogP contribution in [0.3, 0.4) is 0 Å². The van der Waals surface area contributed by atoms with Gasteiger partial charge in [-0.3, -0.25) is 14.2 Å². The SMILES string of the molecule is COc1ccc(C(=O)NCCn2ncc3c(=O)n(Cc4cccc(C(F)(F)F)c4)cnc32)cc1. The summed E-state index contributed by atoms with van der Waals surface area (Å²) in [6.45, 7) is 0.459. The van der Waals surface area contributed by atoms with E-state index < -0.39 is 17.3 Å². The number of nitrogens with zero attached hydrogens (tertiary/aromatic N) is 4. The third kappa shape index (κ3) is 4.92. The Morgan fingerprint density at radius 2 is 1.91 bits per heavy atom. The van der Waals surface area contributed by atoms with E-state index in [1.807, 2.05) is 0 Å². The Labute approximate surface area is 191 Å². The Kier molecular flexibility index (Phi) is 6.35. The van der Waals surface area contributed by atoms with Crippen LogP contribution in [0.2, 0.25) is 0 Å². The predicted molar refractivity (Wildman–Crippen MR) is 118 cm³/mol. The number of hydrogen-bond acceptors (Lipinski definition) is 5. The highest BCUT2D eigenvalue weighted by Crippen LogP contribution is 2.29. The fourth-order valence-corrected chi connectivity index (χ4v) is 3.44. The number of carbonyl (C=O) groups is 1. The van der Waals surface area contributed by atoms with E-state index in [9.17, 15) is 22.8 Å². The van der Waals surface area contributed by atoms with Crippen molar-refractivity contribution in [1.82, 2.24) is 24.6 Å². The minimum atomic E-state index is -4.47. The van der Waals surface area contributed by atoms with Crippen LogP contribution in [-0.2, 0) is 19.3 Å². The van der Waals surface area contributed by atoms with Gasteiger partial charge in [0, 0.05) is 12.1 Å². The van der Waals surface area contributed by atoms with Crippen LogP contribution in [0.1, 0.15) is 21.5 Å². The molecule has 11 heteroatoms. The molecule has 0 atom stereocenters. The number of amides is 1. The summed E-state index contributed by atoms with van der Waals surface area (Å²) >= 11 is 0. The van der Waals surface area contributed by atoms with Gasteiger partial charge in [0.05, 0.1) is 32.0 Å². The molecule has 0 bridgehead atoms. The van der Waals surface area contributed by atoms with Gasteiger partial charge in [-0.2, -0.15) is 18.3 Å². The topological polar surface area (TPSA) is 91.0 Å². The van der Waals surface area contributed by atoms with Crippen molar-refractivity contribution in [3.63, 3.8) is 0 Å². The molecule has 8 nitrogen and oxygen atoms in total. The first kappa shape index (κ1) is 23.0. The molecule has 0 aliphatic carbocycles. The second-order valence-electron chi connectivity index (χ2n) is 7.47. The Morgan fingerprint density at radius 1 is 1.15 bits per heavy atom. The van der Waals surface area contributed by atoms with Crippen molar-refractivity contribution in [2.75, 3.05) is 13.7 Å². The van der Waals surface area contributed by atoms with Gasteiger partial charge < -0.3 is 10.1 Å². The number of ether oxygens (including phenoxy) is 1. The molecule has 0 fully saturated rings. The van der Waals surface area contributed by atoms with Gasteiger partial charge in [-0.1, -0.05) is 12.1 Å². The number of halogens is 3. The van der Waals surface area contributed by atoms with E-state index in [0.29, 0.717) is 22.5 Å². The van der Waals surface area contributed by atoms with Gasteiger partial charge in [0.25, 0.3) is 11.5 Å². The number of carbonyl (C=O) groups excluding carboxylic acids is 1. The van der Waals surface area contributed by atoms with E-state index in [4.69, 9.17) is 4.74 Å². The molecule has 2 heterocycles. The molecule has 0 aliphatic rings. The highest BCUT2D eigenvalue weighted by atomic mass is 19.4. The van der Waals surface area contributed by atoms with E-state index in [1.54, 1.807) is 24.3 Å². The number of rotatable bonds is 7. The minimum absolute atomic E-state index is 0.0607. The van der Waals surface area contributed by atoms with Gasteiger partial charge in [0.15, 0.2) is 5.65 Å². The Morgan fingerprint density at radius 3 is 2.62 bits per heavy atom. The quantitative estimate of drug-likeness (QED) is 0.447. The van der Waals surface area contributed by atoms with E-state index in [2.05, 4.69) is 15.4 Å². The molecule has 1 N–H and O–H groups in total. The summed E-state index contributed by atoms with van der Waals surface area (Å²) in [7, 11) is 1.54. The summed E-state index contributed by atoms with van der Waals surface area (Å²) in [5, 5.41) is 7.17. The van der Waals surface area contributed by atoms with Crippen LogP contribution in [0.4, 0.5) is 13.2 Å². The van der Waals surface area contributed by atoms with Crippen molar-refractivity contribution in [2.24, 2.45) is 0 Å². The summed E-state index contributed by atoms with van der Waals surface area (Å²) in [5.41, 5.74) is -0.0787. The van der Waals surface area contributed by atoms with E-state index >= 15 is 0 Å². The van der Waals surface area contributed by atoms with Crippen LogP contribution in [0.25, 0.3) is 11.0 Å². The maximum Gasteiger partial charge on any atom is 0.416 e. The number of methoxy groups -OCH3 is 1. The van der Waals surface area contributed by atoms with Crippen molar-refractivity contribution >= 4 is 16.9 Å². The molecule has 4 aromatic rings. The van der Waals surface area contributed by atoms with Gasteiger partial charge in [0.2, 0.25) is 0 Å². The second kappa shape index (κ2) is 9.38. The number of nitrogens with one attached hydrogen (secondary N) is 1. The summed E-state index contributed by atoms with van der Waals surface area (Å²) in [4.78, 5) is 29.3. The zero-order valence-corrected chi connectivity index (χ0v) is 18.0. The molecule has 2 aromatic carbocycles. The number of alkyl halides is 3. The second-order valence-corrected chi connectivity index (χ2v) is 7.47. The molecule has 4 rings (SSSR count). The van der Waals surface area contributed by atoms with E-state index in [-0.39, 0.29) is 30.9 Å². The van der Waals surface area contributed by atoms with Gasteiger partial charge >= 0.3 is 6.18 Å². The fraction of sp³-hybridized carbons (Fsp3) is 0.217. The molecular weight excluding hydrogens is 451 g/mol. The third-order valence-corrected chi connectivity index (χ3v) is 5.19. The standard InChI is InChI=1S/C23H20F3N5O3/c1-34-18-7-5-16(6-8-18)21(32)27-9-10-31-20-19(12-29-31)22(33)30(14-28-20)13-15-3-2-4-17(11-15)23(24,25)26/h2-8,11-12,14H,9-10,13H2,1H3,(H,27,32). The van der Waals surface area contributed by atoms with Gasteiger partial charge in [-0.05, 0) is 42.0 Å². The molecule has 0 aliphatic heterocycles. The van der Waals surface area contributed by atoms with Gasteiger partial charge in [0.1, 0.15) is 17.5 Å². The number of benzene rings is 2. The largest absolute Gasteiger partial charge is 0.497 e. The molecule has 34 heavy (non-hydrogen) atoms. The van der Waals surface area contributed by atoms with Crippen molar-refractivity contribution in [3.05, 3.63) is 88.1 Å². The maximum absolute atomic E-state index is 13.0. The maximum atomic E-state index is 13.0. The molecule has 0 saturated carbocycles. The van der Waals surface area contributed by atoms with Gasteiger partial charge in [-0.25, -0.2) is 9.67 Å². The minimum Gasteiger partial charge on any atom is -0.497 e. The lowest BCUT2D eigenvalue weighted by molar-refractivity contribution is -0.137. The Balaban J connectivity index is 1.44. The normalized spacial score (nSPS) is 11.5. The predicted octanol–water partition coefficient (Wildman–Crippen LogP) is 3.10. The van der Waals surface area contributed by atoms with E-state index in [1.165, 1.54) is 41.0 Å². The molecule has 0 spiro atoms. The van der Waals surface area contributed by atoms with Crippen LogP contribution >= 0.6 is 0 Å². The fourth-order valence-electron chi connectivity index (χ4n) is 3.44. The van der Waals surface area contributed by atoms with Crippen LogP contribution in [0, 0.1) is 0 Å². The first-order valence-corrected chi connectivity index (χ1v) is 10.3. The summed E-state index contributed by atoms with van der Waals surface area (Å²) in [6, 6.07) is 11.5. The average molecular weight is 471 g/mol. The molecule has 0 saturated heterocycles. The van der Waals surface area contributed by atoms with Crippen molar-refractivity contribution in [1.29, 1.82) is 0 Å². The highest BCUT2D eigenvalue weighted by Gasteiger charge is 2.30. The van der Waals surface area contributed by atoms with Crippen LogP contribution in [0.5, 0.6) is 5.75 Å². The Bertz CT molecular complexity index is 1380. The highest BCUT2D eigenvalue weighted by molar-refractivity contribution is 5.94. The Hall–Kier alpha value is -4.15. The lowest BCUT2D eigenvalue weighted by Crippen LogP contribution is -2.27. The van der Waals surface area contributed by atoms with E-state index in [0.717, 1.165) is 12.1 Å². The first-order valence-electron chi connectivity index (χ1n) is 10.3. The number of fused-ring (bicyclic) bond motifs is 1. The molecular formula is C23H20F3N5O3. The van der Waals surface area contributed by atoms with Crippen LogP contribution in [0.15, 0.2) is 65.8 Å². The van der Waals surface area contributed by atoms with Crippen LogP contribution in [-0.4, -0.2) is 38.9 Å². The van der Waals surface area contributed by atoms with Gasteiger partial charge in [-0.15, -0.1) is 0 Å². The zero-order chi connectivity index (χ0) is 24.3. The average Bonchev–Trinajstić information content (AvgIpc) is 3.24. The zero-order valence-electron chi connectivity index (χ0n) is 18.0. The van der Waals surface area contributed by atoms with Crippen molar-refractivity contribution in [3.8, 4) is 5.75 Å². The summed E-state index contributed by atoms with van der Waals surface area (Å²) < 4.78 is 46.6. The number of hydrogen-bond donors (Lipinski definition) is 1. The lowest BCUT2D eigenvalue weighted by atomic mass is 10.1. The molecule has 176 valence electrons. The number of aromatic nitrogens is 4. The molecule has 0 radical (unpaired) electrons. The lowest BCUT2D eigenvalue weighted by Gasteiger charge is -2.10. The summed E-state index contributed by atoms with van der Waals surface area (Å²) in [6.07, 6.45) is -1.83. The van der Waals surface area contributed by atoms with Crippen molar-refractivity contribution < 1.29 is 22.7 Å². The molecule has 0 unspecified atom stereocenters. The molecule has 2 aromatic heterocycles. The summed E-state index contributed by atoms with van der Waals surface area (Å²) in [5.74, 6) is 0.375. The third-order valence-electron chi connectivity index (χ3n) is 5.19.